The highest BCUT2D eigenvalue weighted by Gasteiger charge is 1.91. The van der Waals surface area contributed by atoms with Crippen LogP contribution in [0.2, 0.25) is 0 Å². The lowest BCUT2D eigenvalue weighted by molar-refractivity contribution is 0.469. The van der Waals surface area contributed by atoms with Gasteiger partial charge >= 0.3 is 0 Å². The summed E-state index contributed by atoms with van der Waals surface area (Å²) in [4.78, 5) is 0. The number of rotatable bonds is 1. The Kier molecular flexibility index (Phi) is 1.95. The van der Waals surface area contributed by atoms with Crippen LogP contribution in [0.25, 0.3) is 6.08 Å². The molecule has 1 aromatic carbocycles. The molecule has 0 spiro atoms. The summed E-state index contributed by atoms with van der Waals surface area (Å²) in [6, 6.07) is 6.79. The van der Waals surface area contributed by atoms with Crippen molar-refractivity contribution in [1.82, 2.24) is 0 Å². The molecule has 0 unspecified atom stereocenters. The molecule has 2 N–H and O–H groups in total. The second-order valence-electron chi connectivity index (χ2n) is 1.87. The zero-order valence-electron chi connectivity index (χ0n) is 5.36. The SMILES string of the molecule is O/C=C/c1ccccc1O. The molecule has 0 saturated heterocycles. The quantitative estimate of drug-likeness (QED) is 0.579. The molecule has 10 heavy (non-hydrogen) atoms. The molecule has 2 heteroatoms. The van der Waals surface area contributed by atoms with E-state index in [9.17, 15) is 0 Å². The van der Waals surface area contributed by atoms with Gasteiger partial charge in [0.1, 0.15) is 5.75 Å². The lowest BCUT2D eigenvalue weighted by atomic mass is 10.2. The van der Waals surface area contributed by atoms with Crippen molar-refractivity contribution in [3.05, 3.63) is 36.1 Å². The third-order valence-corrected chi connectivity index (χ3v) is 1.19. The molecule has 0 aliphatic heterocycles. The first-order valence-electron chi connectivity index (χ1n) is 2.93. The van der Waals surface area contributed by atoms with Crippen molar-refractivity contribution in [3.8, 4) is 5.75 Å². The van der Waals surface area contributed by atoms with E-state index in [2.05, 4.69) is 0 Å². The Balaban J connectivity index is 3.03. The summed E-state index contributed by atoms with van der Waals surface area (Å²) in [5, 5.41) is 17.4. The Morgan fingerprint density at radius 3 is 2.50 bits per heavy atom. The Morgan fingerprint density at radius 1 is 1.20 bits per heavy atom. The summed E-state index contributed by atoms with van der Waals surface area (Å²) in [7, 11) is 0. The van der Waals surface area contributed by atoms with E-state index >= 15 is 0 Å². The Bertz CT molecular complexity index is 241. The van der Waals surface area contributed by atoms with Gasteiger partial charge in [-0.15, -0.1) is 0 Å². The normalized spacial score (nSPS) is 10.4. The maximum absolute atomic E-state index is 9.08. The van der Waals surface area contributed by atoms with Gasteiger partial charge in [0.25, 0.3) is 0 Å². The summed E-state index contributed by atoms with van der Waals surface area (Å²) in [6.07, 6.45) is 2.32. The Hall–Kier alpha value is -1.44. The number of para-hydroxylation sites is 1. The van der Waals surface area contributed by atoms with E-state index in [1.807, 2.05) is 0 Å². The van der Waals surface area contributed by atoms with Crippen molar-refractivity contribution in [3.63, 3.8) is 0 Å². The van der Waals surface area contributed by atoms with Crippen LogP contribution < -0.4 is 0 Å². The van der Waals surface area contributed by atoms with Crippen LogP contribution in [0, 0.1) is 0 Å². The summed E-state index contributed by atoms with van der Waals surface area (Å²) in [6.45, 7) is 0. The minimum absolute atomic E-state index is 0.174. The molecule has 0 heterocycles. The highest BCUT2D eigenvalue weighted by molar-refractivity contribution is 5.55. The molecule has 0 amide bonds. The first-order valence-corrected chi connectivity index (χ1v) is 2.93. The predicted molar refractivity (Wildman–Crippen MR) is 39.8 cm³/mol. The third-order valence-electron chi connectivity index (χ3n) is 1.19. The van der Waals surface area contributed by atoms with Gasteiger partial charge in [0.2, 0.25) is 0 Å². The lowest BCUT2D eigenvalue weighted by Crippen LogP contribution is -1.71. The number of hydrogen-bond acceptors (Lipinski definition) is 2. The highest BCUT2D eigenvalue weighted by atomic mass is 16.3. The summed E-state index contributed by atoms with van der Waals surface area (Å²) < 4.78 is 0. The number of benzene rings is 1. The molecule has 1 aromatic rings. The molecule has 0 fully saturated rings. The van der Waals surface area contributed by atoms with Crippen molar-refractivity contribution in [2.45, 2.75) is 0 Å². The average Bonchev–Trinajstić information content (AvgIpc) is 1.94. The summed E-state index contributed by atoms with van der Waals surface area (Å²) in [5.74, 6) is 0.174. The van der Waals surface area contributed by atoms with Crippen molar-refractivity contribution in [1.29, 1.82) is 0 Å². The van der Waals surface area contributed by atoms with E-state index in [0.29, 0.717) is 5.56 Å². The second kappa shape index (κ2) is 2.92. The van der Waals surface area contributed by atoms with E-state index in [1.54, 1.807) is 24.3 Å². The maximum Gasteiger partial charge on any atom is 0.122 e. The molecule has 2 nitrogen and oxygen atoms in total. The van der Waals surface area contributed by atoms with Crippen molar-refractivity contribution in [2.24, 2.45) is 0 Å². The molecule has 0 aromatic heterocycles. The van der Waals surface area contributed by atoms with Gasteiger partial charge in [-0.05, 0) is 12.1 Å². The largest absolute Gasteiger partial charge is 0.516 e. The van der Waals surface area contributed by atoms with E-state index in [1.165, 1.54) is 6.08 Å². The molecule has 0 bridgehead atoms. The minimum Gasteiger partial charge on any atom is -0.516 e. The second-order valence-corrected chi connectivity index (χ2v) is 1.87. The smallest absolute Gasteiger partial charge is 0.122 e. The number of aliphatic hydroxyl groups excluding tert-OH is 1. The fraction of sp³-hybridized carbons (Fsp3) is 0. The lowest BCUT2D eigenvalue weighted by Gasteiger charge is -1.94. The number of aromatic hydroxyl groups is 1. The number of aliphatic hydroxyl groups is 1. The number of hydrogen-bond donors (Lipinski definition) is 2. The molecule has 0 saturated carbocycles. The van der Waals surface area contributed by atoms with Gasteiger partial charge in [0.15, 0.2) is 0 Å². The molecule has 52 valence electrons. The van der Waals surface area contributed by atoms with Gasteiger partial charge in [-0.1, -0.05) is 18.2 Å². The Labute approximate surface area is 59.1 Å². The first kappa shape index (κ1) is 6.68. The fourth-order valence-corrected chi connectivity index (χ4v) is 0.709. The molecular formula is C8H8O2. The summed E-state index contributed by atoms with van der Waals surface area (Å²) in [5.41, 5.74) is 0.616. The molecule has 0 aliphatic rings. The van der Waals surface area contributed by atoms with E-state index in [0.717, 1.165) is 6.26 Å². The van der Waals surface area contributed by atoms with Crippen molar-refractivity contribution < 1.29 is 10.2 Å². The number of phenolic OH excluding ortho intramolecular Hbond substituents is 1. The highest BCUT2D eigenvalue weighted by Crippen LogP contribution is 2.16. The van der Waals surface area contributed by atoms with Crippen LogP contribution in [0.1, 0.15) is 5.56 Å². The zero-order valence-corrected chi connectivity index (χ0v) is 5.36. The van der Waals surface area contributed by atoms with Crippen LogP contribution in [-0.4, -0.2) is 10.2 Å². The van der Waals surface area contributed by atoms with Gasteiger partial charge in [-0.25, -0.2) is 0 Å². The predicted octanol–water partition coefficient (Wildman–Crippen LogP) is 1.92. The molecule has 0 aliphatic carbocycles. The van der Waals surface area contributed by atoms with Gasteiger partial charge in [0.05, 0.1) is 6.26 Å². The van der Waals surface area contributed by atoms with E-state index in [-0.39, 0.29) is 5.75 Å². The van der Waals surface area contributed by atoms with E-state index in [4.69, 9.17) is 10.2 Å². The first-order chi connectivity index (χ1) is 4.84. The molecule has 0 atom stereocenters. The van der Waals surface area contributed by atoms with Crippen LogP contribution in [-0.2, 0) is 0 Å². The zero-order chi connectivity index (χ0) is 7.40. The standard InChI is InChI=1S/C8H8O2/c9-6-5-7-3-1-2-4-8(7)10/h1-6,9-10H/b6-5+. The average molecular weight is 136 g/mol. The monoisotopic (exact) mass is 136 g/mol. The van der Waals surface area contributed by atoms with Crippen LogP contribution in [0.4, 0.5) is 0 Å². The van der Waals surface area contributed by atoms with Crippen molar-refractivity contribution in [2.75, 3.05) is 0 Å². The van der Waals surface area contributed by atoms with Crippen LogP contribution in [0.3, 0.4) is 0 Å². The van der Waals surface area contributed by atoms with E-state index < -0.39 is 0 Å². The van der Waals surface area contributed by atoms with Gasteiger partial charge in [-0.2, -0.15) is 0 Å². The summed E-state index contributed by atoms with van der Waals surface area (Å²) >= 11 is 0. The van der Waals surface area contributed by atoms with Crippen LogP contribution >= 0.6 is 0 Å². The third kappa shape index (κ3) is 1.29. The van der Waals surface area contributed by atoms with Crippen LogP contribution in [0.5, 0.6) is 5.75 Å². The topological polar surface area (TPSA) is 40.5 Å². The van der Waals surface area contributed by atoms with Crippen LogP contribution in [0.15, 0.2) is 30.5 Å². The fourth-order valence-electron chi connectivity index (χ4n) is 0.709. The van der Waals surface area contributed by atoms with Gasteiger partial charge < -0.3 is 10.2 Å². The molecule has 0 radical (unpaired) electrons. The minimum atomic E-state index is 0.174. The van der Waals surface area contributed by atoms with Gasteiger partial charge in [0, 0.05) is 5.56 Å². The van der Waals surface area contributed by atoms with Crippen molar-refractivity contribution >= 4 is 6.08 Å². The molecular weight excluding hydrogens is 128 g/mol. The maximum atomic E-state index is 9.08. The number of phenols is 1. The Morgan fingerprint density at radius 2 is 1.90 bits per heavy atom. The van der Waals surface area contributed by atoms with Gasteiger partial charge in [-0.3, -0.25) is 0 Å². The molecule has 1 rings (SSSR count).